The van der Waals surface area contributed by atoms with Gasteiger partial charge < -0.3 is 10.1 Å². The van der Waals surface area contributed by atoms with E-state index >= 15 is 0 Å². The van der Waals surface area contributed by atoms with E-state index in [4.69, 9.17) is 4.74 Å². The molecule has 0 spiro atoms. The maximum Gasteiger partial charge on any atom is 0.329 e. The summed E-state index contributed by atoms with van der Waals surface area (Å²) in [6.07, 6.45) is 0.178. The van der Waals surface area contributed by atoms with Crippen molar-refractivity contribution in [3.8, 4) is 0 Å². The van der Waals surface area contributed by atoms with E-state index < -0.39 is 39.1 Å². The zero-order valence-corrected chi connectivity index (χ0v) is 14.9. The molecule has 0 saturated carbocycles. The first-order valence-electron chi connectivity index (χ1n) is 8.02. The van der Waals surface area contributed by atoms with E-state index in [1.807, 2.05) is 6.92 Å². The van der Waals surface area contributed by atoms with E-state index in [0.29, 0.717) is 6.42 Å². The Morgan fingerprint density at radius 1 is 1.08 bits per heavy atom. The Hall–Kier alpha value is -3.04. The molecular weight excluding hydrogens is 346 g/mol. The van der Waals surface area contributed by atoms with E-state index in [0.717, 1.165) is 18.2 Å². The third-order valence-electron chi connectivity index (χ3n) is 3.69. The van der Waals surface area contributed by atoms with Gasteiger partial charge >= 0.3 is 5.97 Å². The molecule has 1 amide bonds. The summed E-state index contributed by atoms with van der Waals surface area (Å²) in [7, 11) is 0. The molecule has 1 aromatic carbocycles. The SMILES string of the molecule is CC[C@H](C)[C@H](NC(=O)c1cc([N+](=O)[O-])cc([N+](=O)[O-])c1)C(=O)OC(C)C. The van der Waals surface area contributed by atoms with Crippen LogP contribution in [0.4, 0.5) is 11.4 Å². The van der Waals surface area contributed by atoms with Gasteiger partial charge in [0.2, 0.25) is 0 Å². The summed E-state index contributed by atoms with van der Waals surface area (Å²) >= 11 is 0. The van der Waals surface area contributed by atoms with Crippen molar-refractivity contribution in [1.29, 1.82) is 0 Å². The summed E-state index contributed by atoms with van der Waals surface area (Å²) in [5.41, 5.74) is -1.46. The van der Waals surface area contributed by atoms with E-state index in [2.05, 4.69) is 5.32 Å². The Morgan fingerprint density at radius 3 is 1.96 bits per heavy atom. The lowest BCUT2D eigenvalue weighted by Crippen LogP contribution is -2.46. The van der Waals surface area contributed by atoms with Gasteiger partial charge in [0.25, 0.3) is 17.3 Å². The average Bonchev–Trinajstić information content (AvgIpc) is 2.57. The number of nitrogens with zero attached hydrogens (tertiary/aromatic N) is 2. The first-order chi connectivity index (χ1) is 12.1. The highest BCUT2D eigenvalue weighted by atomic mass is 16.6. The molecule has 142 valence electrons. The van der Waals surface area contributed by atoms with Gasteiger partial charge in [0.1, 0.15) is 6.04 Å². The number of nitro benzene ring substituents is 2. The van der Waals surface area contributed by atoms with Crippen molar-refractivity contribution in [2.75, 3.05) is 0 Å². The van der Waals surface area contributed by atoms with Gasteiger partial charge in [0.15, 0.2) is 0 Å². The number of non-ortho nitro benzene ring substituents is 2. The van der Waals surface area contributed by atoms with Gasteiger partial charge in [-0.1, -0.05) is 20.3 Å². The van der Waals surface area contributed by atoms with Crippen LogP contribution in [0.2, 0.25) is 0 Å². The summed E-state index contributed by atoms with van der Waals surface area (Å²) in [5, 5.41) is 24.3. The number of esters is 1. The third kappa shape index (κ3) is 5.50. The maximum atomic E-state index is 12.5. The molecule has 0 heterocycles. The molecule has 0 bridgehead atoms. The minimum absolute atomic E-state index is 0.265. The van der Waals surface area contributed by atoms with Gasteiger partial charge in [-0.3, -0.25) is 25.0 Å². The second-order valence-corrected chi connectivity index (χ2v) is 6.07. The number of ether oxygens (including phenoxy) is 1. The van der Waals surface area contributed by atoms with Crippen molar-refractivity contribution in [1.82, 2.24) is 5.32 Å². The molecule has 0 unspecified atom stereocenters. The molecule has 0 aliphatic heterocycles. The Morgan fingerprint density at radius 2 is 1.58 bits per heavy atom. The molecule has 10 heteroatoms. The topological polar surface area (TPSA) is 142 Å². The second kappa shape index (κ2) is 8.88. The number of rotatable bonds is 8. The van der Waals surface area contributed by atoms with Gasteiger partial charge in [0.05, 0.1) is 27.6 Å². The van der Waals surface area contributed by atoms with Crippen LogP contribution in [0.15, 0.2) is 18.2 Å². The number of benzene rings is 1. The number of amides is 1. The molecule has 1 N–H and O–H groups in total. The first-order valence-corrected chi connectivity index (χ1v) is 8.02. The van der Waals surface area contributed by atoms with Crippen molar-refractivity contribution < 1.29 is 24.2 Å². The lowest BCUT2D eigenvalue weighted by Gasteiger charge is -2.23. The van der Waals surface area contributed by atoms with Crippen molar-refractivity contribution in [3.05, 3.63) is 44.0 Å². The van der Waals surface area contributed by atoms with Crippen LogP contribution in [0.1, 0.15) is 44.5 Å². The molecule has 0 aromatic heterocycles. The van der Waals surface area contributed by atoms with Crippen LogP contribution in [0.5, 0.6) is 0 Å². The number of hydrogen-bond donors (Lipinski definition) is 1. The van der Waals surface area contributed by atoms with Gasteiger partial charge in [-0.05, 0) is 19.8 Å². The van der Waals surface area contributed by atoms with Gasteiger partial charge in [-0.2, -0.15) is 0 Å². The van der Waals surface area contributed by atoms with E-state index in [1.54, 1.807) is 20.8 Å². The Labute approximate surface area is 149 Å². The number of nitro groups is 2. The molecular formula is C16H21N3O7. The highest BCUT2D eigenvalue weighted by Gasteiger charge is 2.29. The Kier molecular flexibility index (Phi) is 7.17. The predicted molar refractivity (Wildman–Crippen MR) is 91.7 cm³/mol. The summed E-state index contributed by atoms with van der Waals surface area (Å²) in [4.78, 5) is 44.9. The largest absolute Gasteiger partial charge is 0.461 e. The van der Waals surface area contributed by atoms with Crippen LogP contribution in [0.3, 0.4) is 0 Å². The molecule has 0 fully saturated rings. The Balaban J connectivity index is 3.18. The fourth-order valence-corrected chi connectivity index (χ4v) is 2.14. The molecule has 2 atom stereocenters. The van der Waals surface area contributed by atoms with Gasteiger partial charge in [-0.25, -0.2) is 4.79 Å². The zero-order valence-electron chi connectivity index (χ0n) is 14.9. The smallest absolute Gasteiger partial charge is 0.329 e. The summed E-state index contributed by atoms with van der Waals surface area (Å²) in [5.74, 6) is -1.73. The standard InChI is InChI=1S/C16H21N3O7/c1-5-10(4)14(16(21)26-9(2)3)17-15(20)11-6-12(18(22)23)8-13(7-11)19(24)25/h6-10,14H,5H2,1-4H3,(H,17,20)/t10-,14-/m0/s1. The monoisotopic (exact) mass is 367 g/mol. The van der Waals surface area contributed by atoms with Crippen LogP contribution < -0.4 is 5.32 Å². The molecule has 0 aliphatic carbocycles. The van der Waals surface area contributed by atoms with E-state index in [9.17, 15) is 29.8 Å². The number of carbonyl (C=O) groups excluding carboxylic acids is 2. The van der Waals surface area contributed by atoms with Crippen LogP contribution in [0, 0.1) is 26.1 Å². The fraction of sp³-hybridized carbons (Fsp3) is 0.500. The fourth-order valence-electron chi connectivity index (χ4n) is 2.14. The van der Waals surface area contributed by atoms with Crippen molar-refractivity contribution in [2.24, 2.45) is 5.92 Å². The highest BCUT2D eigenvalue weighted by Crippen LogP contribution is 2.23. The predicted octanol–water partition coefficient (Wildman–Crippen LogP) is 2.60. The quantitative estimate of drug-likeness (QED) is 0.423. The molecule has 0 aliphatic rings. The number of carbonyl (C=O) groups is 2. The normalized spacial score (nSPS) is 13.0. The second-order valence-electron chi connectivity index (χ2n) is 6.07. The van der Waals surface area contributed by atoms with Crippen molar-refractivity contribution >= 4 is 23.3 Å². The van der Waals surface area contributed by atoms with Gasteiger partial charge in [0, 0.05) is 12.1 Å². The summed E-state index contributed by atoms with van der Waals surface area (Å²) < 4.78 is 5.13. The number of nitrogens with one attached hydrogen (secondary N) is 1. The maximum absolute atomic E-state index is 12.5. The highest BCUT2D eigenvalue weighted by molar-refractivity contribution is 5.98. The van der Waals surface area contributed by atoms with Crippen LogP contribution in [-0.2, 0) is 9.53 Å². The molecule has 1 rings (SSSR count). The molecule has 0 radical (unpaired) electrons. The summed E-state index contributed by atoms with van der Waals surface area (Å²) in [6, 6.07) is 1.62. The number of hydrogen-bond acceptors (Lipinski definition) is 7. The average molecular weight is 367 g/mol. The van der Waals surface area contributed by atoms with E-state index in [-0.39, 0.29) is 17.6 Å². The Bertz CT molecular complexity index is 686. The zero-order chi connectivity index (χ0) is 20.0. The first kappa shape index (κ1) is 21.0. The van der Waals surface area contributed by atoms with Crippen molar-refractivity contribution in [3.63, 3.8) is 0 Å². The van der Waals surface area contributed by atoms with Crippen LogP contribution in [-0.4, -0.2) is 33.9 Å². The van der Waals surface area contributed by atoms with Crippen LogP contribution >= 0.6 is 0 Å². The minimum atomic E-state index is -0.979. The molecule has 26 heavy (non-hydrogen) atoms. The van der Waals surface area contributed by atoms with Crippen LogP contribution in [0.25, 0.3) is 0 Å². The molecule has 0 saturated heterocycles. The third-order valence-corrected chi connectivity index (χ3v) is 3.69. The van der Waals surface area contributed by atoms with Gasteiger partial charge in [-0.15, -0.1) is 0 Å². The lowest BCUT2D eigenvalue weighted by molar-refractivity contribution is -0.394. The van der Waals surface area contributed by atoms with Crippen molar-refractivity contribution in [2.45, 2.75) is 46.3 Å². The summed E-state index contributed by atoms with van der Waals surface area (Å²) in [6.45, 7) is 6.89. The van der Waals surface area contributed by atoms with E-state index in [1.165, 1.54) is 0 Å². The minimum Gasteiger partial charge on any atom is -0.461 e. The lowest BCUT2D eigenvalue weighted by atomic mass is 9.98. The molecule has 1 aromatic rings. The molecule has 10 nitrogen and oxygen atoms in total.